The molecule has 2 N–H and O–H groups in total. The largest absolute Gasteiger partial charge is 0.494 e. The monoisotopic (exact) mass is 481 g/mol. The lowest BCUT2D eigenvalue weighted by Gasteiger charge is -2.22. The van der Waals surface area contributed by atoms with Crippen molar-refractivity contribution in [1.29, 1.82) is 0 Å². The van der Waals surface area contributed by atoms with Crippen molar-refractivity contribution in [3.8, 4) is 22.9 Å². The Morgan fingerprint density at radius 2 is 1.97 bits per heavy atom. The minimum absolute atomic E-state index is 0.165. The van der Waals surface area contributed by atoms with Crippen LogP contribution in [0.4, 0.5) is 5.82 Å². The van der Waals surface area contributed by atoms with Crippen LogP contribution in [0.5, 0.6) is 11.5 Å². The second-order valence-electron chi connectivity index (χ2n) is 8.42. The summed E-state index contributed by atoms with van der Waals surface area (Å²) in [5.41, 5.74) is 0.888. The number of carbonyl (C=O) groups excluding carboxylic acids is 1. The Bertz CT molecular complexity index is 1140. The molecule has 0 radical (unpaired) electrons. The van der Waals surface area contributed by atoms with E-state index < -0.39 is 0 Å². The predicted octanol–water partition coefficient (Wildman–Crippen LogP) is 5.39. The lowest BCUT2D eigenvalue weighted by atomic mass is 9.90. The first-order chi connectivity index (χ1) is 16.6. The van der Waals surface area contributed by atoms with Gasteiger partial charge in [-0.1, -0.05) is 19.3 Å². The van der Waals surface area contributed by atoms with Crippen molar-refractivity contribution < 1.29 is 14.3 Å². The zero-order valence-electron chi connectivity index (χ0n) is 19.5. The number of pyridine rings is 1. The number of H-pyrrole nitrogens is 1. The highest BCUT2D eigenvalue weighted by atomic mass is 32.1. The van der Waals surface area contributed by atoms with E-state index in [0.29, 0.717) is 47.8 Å². The molecule has 0 atom stereocenters. The first-order valence-electron chi connectivity index (χ1n) is 11.9. The van der Waals surface area contributed by atoms with Gasteiger partial charge in [0.15, 0.2) is 22.2 Å². The number of rotatable bonds is 10. The Labute approximate surface area is 204 Å². The summed E-state index contributed by atoms with van der Waals surface area (Å²) in [6.07, 6.45) is 8.11. The van der Waals surface area contributed by atoms with Gasteiger partial charge in [-0.15, -0.1) is 0 Å². The van der Waals surface area contributed by atoms with Gasteiger partial charge in [0.2, 0.25) is 5.91 Å². The van der Waals surface area contributed by atoms with Gasteiger partial charge in [-0.2, -0.15) is 5.10 Å². The van der Waals surface area contributed by atoms with Crippen LogP contribution in [-0.4, -0.2) is 38.9 Å². The fourth-order valence-electron chi connectivity index (χ4n) is 4.18. The highest BCUT2D eigenvalue weighted by Gasteiger charge is 2.16. The van der Waals surface area contributed by atoms with Gasteiger partial charge < -0.3 is 14.8 Å². The van der Waals surface area contributed by atoms with Gasteiger partial charge in [0.25, 0.3) is 0 Å². The normalized spacial score (nSPS) is 14.0. The van der Waals surface area contributed by atoms with Gasteiger partial charge in [0.05, 0.1) is 13.2 Å². The number of amides is 1. The molecule has 0 bridgehead atoms. The number of carbonyl (C=O) groups is 1. The Morgan fingerprint density at radius 3 is 2.74 bits per heavy atom. The maximum Gasteiger partial charge on any atom is 0.227 e. The van der Waals surface area contributed by atoms with E-state index in [2.05, 4.69) is 20.5 Å². The summed E-state index contributed by atoms with van der Waals surface area (Å²) in [6, 6.07) is 11.3. The first kappa shape index (κ1) is 23.9. The summed E-state index contributed by atoms with van der Waals surface area (Å²) in [5.74, 6) is 2.93. The van der Waals surface area contributed by atoms with Crippen LogP contribution in [0.3, 0.4) is 0 Å². The van der Waals surface area contributed by atoms with Crippen molar-refractivity contribution >= 4 is 23.9 Å². The van der Waals surface area contributed by atoms with Crippen molar-refractivity contribution in [1.82, 2.24) is 19.7 Å². The van der Waals surface area contributed by atoms with Crippen molar-refractivity contribution in [3.05, 3.63) is 47.4 Å². The summed E-state index contributed by atoms with van der Waals surface area (Å²) in [6.45, 7) is 3.59. The van der Waals surface area contributed by atoms with E-state index in [-0.39, 0.29) is 12.3 Å². The van der Waals surface area contributed by atoms with Crippen molar-refractivity contribution in [2.45, 2.75) is 52.0 Å². The van der Waals surface area contributed by atoms with Crippen LogP contribution in [0, 0.1) is 10.7 Å². The van der Waals surface area contributed by atoms with Crippen molar-refractivity contribution in [2.75, 3.05) is 18.5 Å². The molecule has 1 aliphatic rings. The van der Waals surface area contributed by atoms with E-state index in [4.69, 9.17) is 21.7 Å². The number of ether oxygens (including phenoxy) is 2. The molecule has 1 aromatic carbocycles. The van der Waals surface area contributed by atoms with Crippen molar-refractivity contribution in [2.24, 2.45) is 5.92 Å². The zero-order valence-corrected chi connectivity index (χ0v) is 20.3. The van der Waals surface area contributed by atoms with Gasteiger partial charge >= 0.3 is 0 Å². The topological polar surface area (TPSA) is 94.1 Å². The molecule has 0 spiro atoms. The first-order valence-corrected chi connectivity index (χ1v) is 12.3. The third kappa shape index (κ3) is 6.22. The molecule has 0 saturated heterocycles. The lowest BCUT2D eigenvalue weighted by Crippen LogP contribution is -2.18. The van der Waals surface area contributed by atoms with E-state index in [9.17, 15) is 4.79 Å². The fraction of sp³-hybridized carbons (Fsp3) is 0.440. The summed E-state index contributed by atoms with van der Waals surface area (Å²) in [5, 5.41) is 10.1. The number of nitrogens with one attached hydrogen (secondary N) is 2. The van der Waals surface area contributed by atoms with E-state index >= 15 is 0 Å². The Balaban J connectivity index is 1.37. The highest BCUT2D eigenvalue weighted by Crippen LogP contribution is 2.27. The molecule has 1 amide bonds. The molecule has 34 heavy (non-hydrogen) atoms. The molecule has 9 heteroatoms. The molecule has 0 unspecified atom stereocenters. The van der Waals surface area contributed by atoms with Crippen LogP contribution in [0.2, 0.25) is 0 Å². The van der Waals surface area contributed by atoms with E-state index in [1.165, 1.54) is 32.1 Å². The molecule has 0 aliphatic heterocycles. The zero-order chi connectivity index (χ0) is 23.8. The highest BCUT2D eigenvalue weighted by molar-refractivity contribution is 7.71. The SMILES string of the molecule is CCOc1ccc(-c2n[nH]c(=S)n2CCC(=O)Nc2ncccc2OCC2CCCCC2)cc1. The average molecular weight is 482 g/mol. The molecular formula is C25H31N5O3S. The molecule has 4 rings (SSSR count). The maximum atomic E-state index is 12.7. The molecular weight excluding hydrogens is 450 g/mol. The van der Waals surface area contributed by atoms with Crippen LogP contribution in [-0.2, 0) is 11.3 Å². The van der Waals surface area contributed by atoms with Crippen LogP contribution in [0.25, 0.3) is 11.4 Å². The minimum atomic E-state index is -0.165. The summed E-state index contributed by atoms with van der Waals surface area (Å²) >= 11 is 5.40. The average Bonchev–Trinajstić information content (AvgIpc) is 3.23. The Kier molecular flexibility index (Phi) is 8.30. The second-order valence-corrected chi connectivity index (χ2v) is 8.81. The molecule has 1 fully saturated rings. The summed E-state index contributed by atoms with van der Waals surface area (Å²) in [4.78, 5) is 17.1. The summed E-state index contributed by atoms with van der Waals surface area (Å²) in [7, 11) is 0. The van der Waals surface area contributed by atoms with Gasteiger partial charge in [-0.3, -0.25) is 14.5 Å². The van der Waals surface area contributed by atoms with E-state index in [0.717, 1.165) is 11.3 Å². The quantitative estimate of drug-likeness (QED) is 0.377. The van der Waals surface area contributed by atoms with Crippen LogP contribution in [0.1, 0.15) is 45.4 Å². The minimum Gasteiger partial charge on any atom is -0.494 e. The molecule has 180 valence electrons. The van der Waals surface area contributed by atoms with Gasteiger partial charge in [-0.25, -0.2) is 4.98 Å². The van der Waals surface area contributed by atoms with Gasteiger partial charge in [-0.05, 0) is 74.3 Å². The second kappa shape index (κ2) is 11.8. The molecule has 3 aromatic rings. The Hall–Kier alpha value is -3.20. The third-order valence-electron chi connectivity index (χ3n) is 5.97. The summed E-state index contributed by atoms with van der Waals surface area (Å²) < 4.78 is 13.8. The van der Waals surface area contributed by atoms with E-state index in [1.807, 2.05) is 47.9 Å². The molecule has 1 saturated carbocycles. The standard InChI is InChI=1S/C25H31N5O3S/c1-2-32-20-12-10-19(11-13-20)24-28-29-25(34)30(24)16-14-22(31)27-23-21(9-6-15-26-23)33-17-18-7-4-3-5-8-18/h6,9-13,15,18H,2-5,7-8,14,16-17H2,1H3,(H,29,34)(H,26,27,31). The van der Waals surface area contributed by atoms with Crippen LogP contribution >= 0.6 is 12.2 Å². The third-order valence-corrected chi connectivity index (χ3v) is 6.28. The van der Waals surface area contributed by atoms with Crippen molar-refractivity contribution in [3.63, 3.8) is 0 Å². The fourth-order valence-corrected chi connectivity index (χ4v) is 4.41. The number of hydrogen-bond acceptors (Lipinski definition) is 6. The van der Waals surface area contributed by atoms with Gasteiger partial charge in [0.1, 0.15) is 5.75 Å². The maximum absolute atomic E-state index is 12.7. The Morgan fingerprint density at radius 1 is 1.18 bits per heavy atom. The predicted molar refractivity (Wildman–Crippen MR) is 134 cm³/mol. The van der Waals surface area contributed by atoms with Crippen LogP contribution < -0.4 is 14.8 Å². The number of hydrogen-bond donors (Lipinski definition) is 2. The number of aromatic amines is 1. The molecule has 2 heterocycles. The molecule has 1 aliphatic carbocycles. The number of anilines is 1. The molecule has 8 nitrogen and oxygen atoms in total. The van der Waals surface area contributed by atoms with E-state index in [1.54, 1.807) is 6.20 Å². The number of nitrogens with zero attached hydrogens (tertiary/aromatic N) is 3. The van der Waals surface area contributed by atoms with Crippen LogP contribution in [0.15, 0.2) is 42.6 Å². The smallest absolute Gasteiger partial charge is 0.227 e. The molecule has 2 aromatic heterocycles. The lowest BCUT2D eigenvalue weighted by molar-refractivity contribution is -0.116. The number of aromatic nitrogens is 4. The van der Waals surface area contributed by atoms with Gasteiger partial charge in [0, 0.05) is 24.7 Å². The number of benzene rings is 1.